The lowest BCUT2D eigenvalue weighted by Gasteiger charge is -2.12. The van der Waals surface area contributed by atoms with E-state index in [1.807, 2.05) is 0 Å². The summed E-state index contributed by atoms with van der Waals surface area (Å²) >= 11 is 0. The lowest BCUT2D eigenvalue weighted by atomic mass is 10.1. The van der Waals surface area contributed by atoms with Gasteiger partial charge < -0.3 is 9.57 Å². The van der Waals surface area contributed by atoms with Gasteiger partial charge in [0, 0.05) is 0 Å². The fourth-order valence-corrected chi connectivity index (χ4v) is 1.66. The van der Waals surface area contributed by atoms with Crippen LogP contribution in [0.25, 0.3) is 0 Å². The molecule has 0 spiro atoms. The van der Waals surface area contributed by atoms with Crippen LogP contribution in [0.1, 0.15) is 65.7 Å². The monoisotopic (exact) mass is 287 g/mol. The zero-order valence-corrected chi connectivity index (χ0v) is 12.6. The Hall–Kier alpha value is -1.46. The number of carbonyl (C=O) groups excluding carboxylic acids is 2. The lowest BCUT2D eigenvalue weighted by Crippen LogP contribution is -2.29. The molecule has 0 aliphatic rings. The maximum Gasteiger partial charge on any atom is 0.357 e. The Labute approximate surface area is 120 Å². The Morgan fingerprint density at radius 2 is 1.60 bits per heavy atom. The summed E-state index contributed by atoms with van der Waals surface area (Å²) in [5.74, 6) is -1.87. The van der Waals surface area contributed by atoms with Crippen LogP contribution in [0.4, 0.5) is 0 Å². The van der Waals surface area contributed by atoms with Crippen LogP contribution < -0.4 is 0 Å². The van der Waals surface area contributed by atoms with Gasteiger partial charge >= 0.3 is 11.9 Å². The van der Waals surface area contributed by atoms with Gasteiger partial charge in [0.25, 0.3) is 0 Å². The molecule has 0 aromatic heterocycles. The van der Waals surface area contributed by atoms with Crippen molar-refractivity contribution >= 4 is 11.9 Å². The van der Waals surface area contributed by atoms with Gasteiger partial charge in [0.05, 0.1) is 5.92 Å². The molecular formula is C14H25NO5. The highest BCUT2D eigenvalue weighted by Crippen LogP contribution is 2.12. The van der Waals surface area contributed by atoms with Crippen molar-refractivity contribution in [3.8, 4) is 0 Å². The van der Waals surface area contributed by atoms with Crippen LogP contribution in [-0.2, 0) is 19.2 Å². The first-order chi connectivity index (χ1) is 9.52. The number of esters is 2. The summed E-state index contributed by atoms with van der Waals surface area (Å²) in [6.07, 6.45) is 5.53. The van der Waals surface area contributed by atoms with Crippen LogP contribution in [0, 0.1) is 10.8 Å². The van der Waals surface area contributed by atoms with E-state index < -0.39 is 24.0 Å². The topological polar surface area (TPSA) is 82.0 Å². The van der Waals surface area contributed by atoms with E-state index in [2.05, 4.69) is 21.8 Å². The zero-order chi connectivity index (χ0) is 15.4. The molecule has 1 unspecified atom stereocenters. The van der Waals surface area contributed by atoms with Gasteiger partial charge in [-0.15, -0.1) is 4.91 Å². The van der Waals surface area contributed by atoms with E-state index in [1.165, 1.54) is 12.8 Å². The van der Waals surface area contributed by atoms with Gasteiger partial charge in [-0.05, 0) is 12.8 Å². The number of carbonyl (C=O) groups is 2. The Kier molecular flexibility index (Phi) is 10.5. The molecule has 6 nitrogen and oxygen atoms in total. The van der Waals surface area contributed by atoms with Crippen molar-refractivity contribution in [2.75, 3.05) is 0 Å². The minimum atomic E-state index is -1.08. The van der Waals surface area contributed by atoms with Crippen LogP contribution in [-0.4, -0.2) is 18.0 Å². The van der Waals surface area contributed by atoms with E-state index in [1.54, 1.807) is 13.8 Å². The second kappa shape index (κ2) is 11.4. The third-order valence-corrected chi connectivity index (χ3v) is 2.93. The van der Waals surface area contributed by atoms with Crippen molar-refractivity contribution in [2.45, 2.75) is 71.8 Å². The van der Waals surface area contributed by atoms with E-state index in [0.717, 1.165) is 25.7 Å². The fraction of sp³-hybridized carbons (Fsp3) is 0.857. The normalized spacial score (nSPS) is 12.0. The van der Waals surface area contributed by atoms with E-state index in [-0.39, 0.29) is 0 Å². The molecule has 1 atom stereocenters. The number of ether oxygens (including phenoxy) is 1. The van der Waals surface area contributed by atoms with Gasteiger partial charge in [0.1, 0.15) is 0 Å². The van der Waals surface area contributed by atoms with Gasteiger partial charge in [0.2, 0.25) is 6.10 Å². The summed E-state index contributed by atoms with van der Waals surface area (Å²) in [5, 5.41) is 2.28. The molecule has 0 amide bonds. The predicted octanol–water partition coefficient (Wildman–Crippen LogP) is 3.53. The van der Waals surface area contributed by atoms with Crippen molar-refractivity contribution in [3.63, 3.8) is 0 Å². The molecule has 0 N–H and O–H groups in total. The van der Waals surface area contributed by atoms with E-state index in [4.69, 9.17) is 0 Å². The third kappa shape index (κ3) is 8.61. The number of rotatable bonds is 11. The van der Waals surface area contributed by atoms with Crippen LogP contribution in [0.15, 0.2) is 5.34 Å². The molecule has 0 aliphatic carbocycles. The Bertz CT molecular complexity index is 304. The Morgan fingerprint density at radius 1 is 1.00 bits per heavy atom. The first-order valence-corrected chi connectivity index (χ1v) is 7.26. The fourth-order valence-electron chi connectivity index (χ4n) is 1.66. The summed E-state index contributed by atoms with van der Waals surface area (Å²) in [5.41, 5.74) is 0. The summed E-state index contributed by atoms with van der Waals surface area (Å²) < 4.78 is 4.62. The van der Waals surface area contributed by atoms with Crippen molar-refractivity contribution in [3.05, 3.63) is 4.91 Å². The number of unbranched alkanes of at least 4 members (excludes halogenated alkanes) is 5. The smallest absolute Gasteiger partial charge is 0.357 e. The molecule has 0 fully saturated rings. The first kappa shape index (κ1) is 18.5. The van der Waals surface area contributed by atoms with Crippen LogP contribution in [0.5, 0.6) is 0 Å². The molecule has 0 rings (SSSR count). The van der Waals surface area contributed by atoms with Crippen molar-refractivity contribution in [1.29, 1.82) is 0 Å². The van der Waals surface area contributed by atoms with Gasteiger partial charge in [-0.25, -0.2) is 4.79 Å². The average Bonchev–Trinajstić information content (AvgIpc) is 2.41. The summed E-state index contributed by atoms with van der Waals surface area (Å²) in [4.78, 5) is 37.6. The standard InChI is InChI=1S/C14H25NO5/c1-4-5-6-7-8-9-10-12(20-15-18)14(17)19-13(16)11(2)3/h11-12H,4-10H2,1-3H3. The molecule has 0 saturated heterocycles. The molecule has 0 heterocycles. The molecule has 20 heavy (non-hydrogen) atoms. The van der Waals surface area contributed by atoms with Crippen molar-refractivity contribution in [1.82, 2.24) is 0 Å². The first-order valence-electron chi connectivity index (χ1n) is 7.26. The second-order valence-electron chi connectivity index (χ2n) is 5.12. The van der Waals surface area contributed by atoms with Gasteiger partial charge in [-0.2, -0.15) is 0 Å². The molecular weight excluding hydrogens is 262 g/mol. The average molecular weight is 287 g/mol. The highest BCUT2D eigenvalue weighted by molar-refractivity contribution is 5.88. The molecule has 6 heteroatoms. The molecule has 0 bridgehead atoms. The Morgan fingerprint density at radius 3 is 2.15 bits per heavy atom. The molecule has 116 valence electrons. The third-order valence-electron chi connectivity index (χ3n) is 2.93. The van der Waals surface area contributed by atoms with Crippen molar-refractivity contribution in [2.24, 2.45) is 11.3 Å². The largest absolute Gasteiger partial charge is 0.390 e. The molecule has 0 aliphatic heterocycles. The van der Waals surface area contributed by atoms with Crippen LogP contribution >= 0.6 is 0 Å². The summed E-state index contributed by atoms with van der Waals surface area (Å²) in [7, 11) is 0. The SMILES string of the molecule is CCCCCCCCC(ON=O)C(=O)OC(=O)C(C)C. The second-order valence-corrected chi connectivity index (χ2v) is 5.12. The van der Waals surface area contributed by atoms with E-state index in [0.29, 0.717) is 6.42 Å². The molecule has 0 radical (unpaired) electrons. The van der Waals surface area contributed by atoms with Gasteiger partial charge in [-0.3, -0.25) is 4.79 Å². The molecule has 0 saturated carbocycles. The lowest BCUT2D eigenvalue weighted by molar-refractivity contribution is -0.170. The maximum absolute atomic E-state index is 11.6. The number of hydrogen-bond acceptors (Lipinski definition) is 6. The number of nitrogens with zero attached hydrogens (tertiary/aromatic N) is 1. The molecule has 0 aromatic carbocycles. The molecule has 0 aromatic rings. The highest BCUT2D eigenvalue weighted by Gasteiger charge is 2.26. The zero-order valence-electron chi connectivity index (χ0n) is 12.6. The van der Waals surface area contributed by atoms with E-state index >= 15 is 0 Å². The minimum absolute atomic E-state index is 0.335. The highest BCUT2D eigenvalue weighted by atomic mass is 16.7. The van der Waals surface area contributed by atoms with Crippen molar-refractivity contribution < 1.29 is 19.2 Å². The quantitative estimate of drug-likeness (QED) is 0.191. The van der Waals surface area contributed by atoms with E-state index in [9.17, 15) is 14.5 Å². The number of hydrogen-bond donors (Lipinski definition) is 0. The predicted molar refractivity (Wildman–Crippen MR) is 74.6 cm³/mol. The summed E-state index contributed by atoms with van der Waals surface area (Å²) in [6, 6.07) is 0. The van der Waals surface area contributed by atoms with Gasteiger partial charge in [-0.1, -0.05) is 52.9 Å². The van der Waals surface area contributed by atoms with Gasteiger partial charge in [0.15, 0.2) is 5.34 Å². The van der Waals surface area contributed by atoms with Crippen LogP contribution in [0.2, 0.25) is 0 Å². The Balaban J connectivity index is 4.05. The van der Waals surface area contributed by atoms with Crippen LogP contribution in [0.3, 0.4) is 0 Å². The summed E-state index contributed by atoms with van der Waals surface area (Å²) in [6.45, 7) is 5.38. The minimum Gasteiger partial charge on any atom is -0.390 e. The maximum atomic E-state index is 11.6.